The number of alkyl halides is 3. The Morgan fingerprint density at radius 3 is 2.77 bits per heavy atom. The normalized spacial score (nSPS) is 19.8. The number of hydrogen-bond acceptors (Lipinski definition) is 6. The van der Waals surface area contributed by atoms with E-state index in [2.05, 4.69) is 25.1 Å². The number of morpholine rings is 1. The molecule has 0 amide bonds. The van der Waals surface area contributed by atoms with Crippen LogP contribution in [0.4, 0.5) is 19.1 Å². The molecule has 1 fully saturated rings. The van der Waals surface area contributed by atoms with Gasteiger partial charge < -0.3 is 9.64 Å². The summed E-state index contributed by atoms with van der Waals surface area (Å²) in [6, 6.07) is 4.01. The summed E-state index contributed by atoms with van der Waals surface area (Å²) < 4.78 is 46.9. The number of rotatable bonds is 3. The minimum Gasteiger partial charge on any atom is -0.367 e. The first-order valence-electron chi connectivity index (χ1n) is 9.65. The fraction of sp³-hybridized carbons (Fsp3) is 0.300. The highest BCUT2D eigenvalue weighted by Gasteiger charge is 2.31. The summed E-state index contributed by atoms with van der Waals surface area (Å²) in [6.45, 7) is 3.08. The third-order valence-corrected chi connectivity index (χ3v) is 5.17. The van der Waals surface area contributed by atoms with Crippen LogP contribution in [0, 0.1) is 0 Å². The van der Waals surface area contributed by atoms with Gasteiger partial charge in [0.15, 0.2) is 0 Å². The highest BCUT2D eigenvalue weighted by atomic mass is 19.4. The Morgan fingerprint density at radius 1 is 1.13 bits per heavy atom. The topological polar surface area (TPSA) is 84.2 Å². The molecule has 0 saturated carbocycles. The first-order chi connectivity index (χ1) is 14.9. The molecule has 0 radical (unpaired) electrons. The molecule has 0 aromatic carbocycles. The summed E-state index contributed by atoms with van der Waals surface area (Å²) >= 11 is 0. The van der Waals surface area contributed by atoms with E-state index in [1.165, 1.54) is 16.7 Å². The van der Waals surface area contributed by atoms with Gasteiger partial charge in [0.25, 0.3) is 0 Å². The van der Waals surface area contributed by atoms with E-state index in [9.17, 15) is 13.2 Å². The van der Waals surface area contributed by atoms with Crippen LogP contribution in [-0.2, 0) is 10.9 Å². The zero-order chi connectivity index (χ0) is 21.6. The van der Waals surface area contributed by atoms with Crippen molar-refractivity contribution in [3.05, 3.63) is 60.3 Å². The molecule has 31 heavy (non-hydrogen) atoms. The number of nitrogens with zero attached hydrogens (tertiary/aromatic N) is 6. The molecule has 5 heterocycles. The highest BCUT2D eigenvalue weighted by molar-refractivity contribution is 5.61. The summed E-state index contributed by atoms with van der Waals surface area (Å²) in [5.41, 5.74) is 1.52. The molecular weight excluding hydrogens is 411 g/mol. The van der Waals surface area contributed by atoms with Crippen molar-refractivity contribution < 1.29 is 17.9 Å². The fourth-order valence-electron chi connectivity index (χ4n) is 3.72. The van der Waals surface area contributed by atoms with Gasteiger partial charge in [0.2, 0.25) is 5.95 Å². The number of anilines is 1. The lowest BCUT2D eigenvalue weighted by Crippen LogP contribution is -2.43. The number of aromatic amines is 1. The van der Waals surface area contributed by atoms with Gasteiger partial charge in [-0.2, -0.15) is 18.3 Å². The Balaban J connectivity index is 1.49. The van der Waals surface area contributed by atoms with Gasteiger partial charge in [-0.25, -0.2) is 15.0 Å². The molecule has 4 aromatic heterocycles. The van der Waals surface area contributed by atoms with E-state index in [0.29, 0.717) is 36.1 Å². The first-order valence-corrected chi connectivity index (χ1v) is 9.65. The van der Waals surface area contributed by atoms with Crippen molar-refractivity contribution >= 4 is 11.6 Å². The summed E-state index contributed by atoms with van der Waals surface area (Å²) in [7, 11) is 0. The number of aromatic nitrogens is 6. The number of halogens is 3. The predicted molar refractivity (Wildman–Crippen MR) is 105 cm³/mol. The van der Waals surface area contributed by atoms with Crippen LogP contribution >= 0.6 is 0 Å². The minimum atomic E-state index is -4.45. The van der Waals surface area contributed by atoms with Crippen molar-refractivity contribution in [3.8, 4) is 11.4 Å². The summed E-state index contributed by atoms with van der Waals surface area (Å²) in [5, 5.41) is 6.76. The van der Waals surface area contributed by atoms with Crippen LogP contribution < -0.4 is 4.90 Å². The zero-order valence-corrected chi connectivity index (χ0v) is 16.4. The second-order valence-electron chi connectivity index (χ2n) is 7.40. The number of H-pyrrole nitrogens is 1. The van der Waals surface area contributed by atoms with Gasteiger partial charge >= 0.3 is 6.18 Å². The average molecular weight is 429 g/mol. The Bertz CT molecular complexity index is 1210. The maximum atomic E-state index is 13.2. The third-order valence-electron chi connectivity index (χ3n) is 5.17. The molecule has 0 spiro atoms. The molecule has 0 aliphatic carbocycles. The highest BCUT2D eigenvalue weighted by Crippen LogP contribution is 2.31. The quantitative estimate of drug-likeness (QED) is 0.537. The van der Waals surface area contributed by atoms with Crippen molar-refractivity contribution in [1.29, 1.82) is 0 Å². The molecule has 1 aliphatic heterocycles. The Kier molecular flexibility index (Phi) is 4.62. The molecule has 11 heteroatoms. The van der Waals surface area contributed by atoms with E-state index in [1.54, 1.807) is 24.7 Å². The number of pyridine rings is 1. The fourth-order valence-corrected chi connectivity index (χ4v) is 3.72. The van der Waals surface area contributed by atoms with E-state index in [4.69, 9.17) is 4.74 Å². The van der Waals surface area contributed by atoms with Crippen molar-refractivity contribution in [2.45, 2.75) is 25.3 Å². The lowest BCUT2D eigenvalue weighted by atomic mass is 10.1. The van der Waals surface area contributed by atoms with Crippen LogP contribution in [0.5, 0.6) is 0 Å². The lowest BCUT2D eigenvalue weighted by molar-refractivity contribution is -0.137. The first kappa shape index (κ1) is 19.5. The van der Waals surface area contributed by atoms with Gasteiger partial charge in [-0.3, -0.25) is 9.50 Å². The van der Waals surface area contributed by atoms with E-state index in [-0.39, 0.29) is 12.2 Å². The smallest absolute Gasteiger partial charge is 0.367 e. The van der Waals surface area contributed by atoms with Crippen molar-refractivity contribution in [1.82, 2.24) is 29.5 Å². The number of ether oxygens (including phenoxy) is 1. The molecule has 8 nitrogen and oxygen atoms in total. The second-order valence-corrected chi connectivity index (χ2v) is 7.40. The maximum absolute atomic E-state index is 13.2. The van der Waals surface area contributed by atoms with Crippen LogP contribution in [0.1, 0.15) is 24.2 Å². The molecule has 0 bridgehead atoms. The molecule has 1 saturated heterocycles. The standard InChI is InChI=1S/C20H18F3N7O/c1-12-9-29(11-17(31-12)13-6-26-27-7-13)19-24-5-4-15(28-19)16-8-25-18-3-2-14(10-30(16)18)20(21,22)23/h2-8,10,12,17H,9,11H2,1H3,(H,26,27)/t12-,17+/m1/s1. The molecular formula is C20H18F3N7O. The minimum absolute atomic E-state index is 0.0638. The van der Waals surface area contributed by atoms with Gasteiger partial charge in [0.1, 0.15) is 11.8 Å². The molecule has 5 rings (SSSR count). The summed E-state index contributed by atoms with van der Waals surface area (Å²) in [4.78, 5) is 15.2. The van der Waals surface area contributed by atoms with Crippen LogP contribution in [0.3, 0.4) is 0 Å². The van der Waals surface area contributed by atoms with E-state index >= 15 is 0 Å². The molecule has 4 aromatic rings. The van der Waals surface area contributed by atoms with E-state index in [0.717, 1.165) is 17.8 Å². The molecule has 160 valence electrons. The lowest BCUT2D eigenvalue weighted by Gasteiger charge is -2.36. The molecule has 1 aliphatic rings. The van der Waals surface area contributed by atoms with Gasteiger partial charge in [0.05, 0.1) is 42.0 Å². The van der Waals surface area contributed by atoms with Crippen molar-refractivity contribution in [2.75, 3.05) is 18.0 Å². The van der Waals surface area contributed by atoms with Crippen molar-refractivity contribution in [2.24, 2.45) is 0 Å². The Hall–Kier alpha value is -3.47. The van der Waals surface area contributed by atoms with Crippen LogP contribution in [-0.4, -0.2) is 48.7 Å². The molecule has 0 unspecified atom stereocenters. The van der Waals surface area contributed by atoms with Gasteiger partial charge in [-0.05, 0) is 25.1 Å². The van der Waals surface area contributed by atoms with E-state index in [1.807, 2.05) is 11.8 Å². The van der Waals surface area contributed by atoms with Gasteiger partial charge in [-0.1, -0.05) is 0 Å². The SMILES string of the molecule is C[C@@H]1CN(c2nccc(-c3cnc4ccc(C(F)(F)F)cn34)n2)C[C@@H](c2cn[nH]c2)O1. The Labute approximate surface area is 174 Å². The number of hydrogen-bond donors (Lipinski definition) is 1. The third kappa shape index (κ3) is 3.72. The van der Waals surface area contributed by atoms with E-state index < -0.39 is 11.7 Å². The van der Waals surface area contributed by atoms with Crippen LogP contribution in [0.2, 0.25) is 0 Å². The van der Waals surface area contributed by atoms with Crippen LogP contribution in [0.25, 0.3) is 17.0 Å². The average Bonchev–Trinajstić information content (AvgIpc) is 3.42. The summed E-state index contributed by atoms with van der Waals surface area (Å²) in [6.07, 6.45) is 2.94. The maximum Gasteiger partial charge on any atom is 0.417 e. The number of nitrogens with one attached hydrogen (secondary N) is 1. The van der Waals surface area contributed by atoms with Gasteiger partial charge in [0, 0.05) is 30.7 Å². The van der Waals surface area contributed by atoms with Crippen LogP contribution in [0.15, 0.2) is 49.2 Å². The predicted octanol–water partition coefficient (Wildman–Crippen LogP) is 3.50. The largest absolute Gasteiger partial charge is 0.417 e. The number of imidazole rings is 1. The number of fused-ring (bicyclic) bond motifs is 1. The Morgan fingerprint density at radius 2 is 2.00 bits per heavy atom. The summed E-state index contributed by atoms with van der Waals surface area (Å²) in [5.74, 6) is 0.475. The molecule has 2 atom stereocenters. The zero-order valence-electron chi connectivity index (χ0n) is 16.4. The monoisotopic (exact) mass is 429 g/mol. The molecule has 1 N–H and O–H groups in total. The van der Waals surface area contributed by atoms with Gasteiger partial charge in [-0.15, -0.1) is 0 Å². The second kappa shape index (κ2) is 7.34. The van der Waals surface area contributed by atoms with Crippen molar-refractivity contribution in [3.63, 3.8) is 0 Å².